The molecule has 0 unspecified atom stereocenters. The first kappa shape index (κ1) is 23.0. The van der Waals surface area contributed by atoms with Gasteiger partial charge in [0.2, 0.25) is 5.91 Å². The van der Waals surface area contributed by atoms with Gasteiger partial charge in [0, 0.05) is 39.1 Å². The Morgan fingerprint density at radius 1 is 1.17 bits per heavy atom. The SMILES string of the molecule is CNc1cc(Nc2cccn(-c3ccc(C)cn3)c2=O)nc2c(C(=O)N[C@@H]3CCN(C)C3=O)cnn12. The van der Waals surface area contributed by atoms with Crippen LogP contribution in [-0.4, -0.2) is 67.5 Å². The van der Waals surface area contributed by atoms with Crippen LogP contribution in [0.1, 0.15) is 22.3 Å². The van der Waals surface area contributed by atoms with Crippen LogP contribution in [0.3, 0.4) is 0 Å². The summed E-state index contributed by atoms with van der Waals surface area (Å²) in [5.74, 6) is 0.808. The lowest BCUT2D eigenvalue weighted by Gasteiger charge is -2.13. The Kier molecular flexibility index (Phi) is 5.84. The highest BCUT2D eigenvalue weighted by atomic mass is 16.2. The van der Waals surface area contributed by atoms with E-state index in [1.165, 1.54) is 15.3 Å². The van der Waals surface area contributed by atoms with Gasteiger partial charge in [-0.2, -0.15) is 9.61 Å². The van der Waals surface area contributed by atoms with Crippen LogP contribution in [-0.2, 0) is 4.79 Å². The maximum absolute atomic E-state index is 13.2. The number of aryl methyl sites for hydroxylation is 1. The number of likely N-dealkylation sites (N-methyl/N-ethyl adjacent to an activating group) is 1. The lowest BCUT2D eigenvalue weighted by molar-refractivity contribution is -0.128. The Balaban J connectivity index is 1.48. The summed E-state index contributed by atoms with van der Waals surface area (Å²) in [7, 11) is 3.42. The van der Waals surface area contributed by atoms with E-state index in [1.54, 1.807) is 55.7 Å². The average Bonchev–Trinajstić information content (AvgIpc) is 3.44. The highest BCUT2D eigenvalue weighted by molar-refractivity contribution is 6.02. The molecule has 0 aromatic carbocycles. The van der Waals surface area contributed by atoms with Crippen LogP contribution in [0.5, 0.6) is 0 Å². The number of fused-ring (bicyclic) bond motifs is 1. The van der Waals surface area contributed by atoms with Gasteiger partial charge in [-0.3, -0.25) is 19.0 Å². The first-order valence-electron chi connectivity index (χ1n) is 11.4. The fraction of sp³-hybridized carbons (Fsp3) is 0.250. The molecule has 5 heterocycles. The molecule has 12 nitrogen and oxygen atoms in total. The molecule has 1 fully saturated rings. The number of hydrogen-bond acceptors (Lipinski definition) is 8. The van der Waals surface area contributed by atoms with Crippen LogP contribution < -0.4 is 21.5 Å². The minimum Gasteiger partial charge on any atom is -0.373 e. The van der Waals surface area contributed by atoms with Crippen molar-refractivity contribution in [3.05, 3.63) is 70.4 Å². The normalized spacial score (nSPS) is 15.4. The van der Waals surface area contributed by atoms with E-state index >= 15 is 0 Å². The molecule has 0 spiro atoms. The summed E-state index contributed by atoms with van der Waals surface area (Å²) in [5.41, 5.74) is 1.45. The smallest absolute Gasteiger partial charge is 0.279 e. The average molecular weight is 488 g/mol. The van der Waals surface area contributed by atoms with E-state index in [-0.39, 0.29) is 28.4 Å². The minimum atomic E-state index is -0.583. The molecule has 0 bridgehead atoms. The standard InChI is InChI=1S/C24H25N9O3/c1-14-6-7-19(26-12-14)32-9-4-5-16(24(32)36)28-18-11-20(25-2)33-21(30-18)15(13-27-33)22(34)29-17-8-10-31(3)23(17)35/h4-7,9,11-13,17,25H,8,10H2,1-3H3,(H,28,30)(H,29,34)/t17-/m1/s1. The first-order chi connectivity index (χ1) is 17.4. The molecule has 1 saturated heterocycles. The Labute approximate surface area is 206 Å². The third kappa shape index (κ3) is 4.13. The van der Waals surface area contributed by atoms with Crippen molar-refractivity contribution >= 4 is 34.8 Å². The van der Waals surface area contributed by atoms with Crippen LogP contribution >= 0.6 is 0 Å². The van der Waals surface area contributed by atoms with Crippen molar-refractivity contribution in [2.24, 2.45) is 0 Å². The van der Waals surface area contributed by atoms with E-state index in [2.05, 4.69) is 31.0 Å². The summed E-state index contributed by atoms with van der Waals surface area (Å²) in [6.07, 6.45) is 5.28. The van der Waals surface area contributed by atoms with E-state index < -0.39 is 11.9 Å². The minimum absolute atomic E-state index is 0.130. The van der Waals surface area contributed by atoms with Crippen LogP contribution in [0.4, 0.5) is 17.3 Å². The number of aromatic nitrogens is 5. The van der Waals surface area contributed by atoms with Crippen molar-refractivity contribution in [2.75, 3.05) is 31.3 Å². The number of amides is 2. The molecule has 3 N–H and O–H groups in total. The molecule has 36 heavy (non-hydrogen) atoms. The number of nitrogens with zero attached hydrogens (tertiary/aromatic N) is 6. The molecule has 0 saturated carbocycles. The van der Waals surface area contributed by atoms with E-state index in [0.29, 0.717) is 30.4 Å². The van der Waals surface area contributed by atoms with Gasteiger partial charge < -0.3 is 20.9 Å². The number of rotatable bonds is 6. The molecule has 5 rings (SSSR count). The Morgan fingerprint density at radius 2 is 2.00 bits per heavy atom. The Hall–Kier alpha value is -4.74. The molecule has 12 heteroatoms. The van der Waals surface area contributed by atoms with Crippen molar-refractivity contribution in [2.45, 2.75) is 19.4 Å². The fourth-order valence-corrected chi connectivity index (χ4v) is 4.07. The van der Waals surface area contributed by atoms with Gasteiger partial charge in [-0.1, -0.05) is 6.07 Å². The quantitative estimate of drug-likeness (QED) is 0.370. The fourth-order valence-electron chi connectivity index (χ4n) is 4.07. The number of pyridine rings is 2. The van der Waals surface area contributed by atoms with Crippen molar-refractivity contribution in [1.29, 1.82) is 0 Å². The van der Waals surface area contributed by atoms with Gasteiger partial charge in [-0.05, 0) is 37.1 Å². The maximum atomic E-state index is 13.2. The zero-order chi connectivity index (χ0) is 25.4. The topological polar surface area (TPSA) is 139 Å². The summed E-state index contributed by atoms with van der Waals surface area (Å²) in [6, 6.07) is 8.12. The Morgan fingerprint density at radius 3 is 2.69 bits per heavy atom. The van der Waals surface area contributed by atoms with E-state index in [1.807, 2.05) is 13.0 Å². The van der Waals surface area contributed by atoms with Gasteiger partial charge in [-0.15, -0.1) is 0 Å². The first-order valence-corrected chi connectivity index (χ1v) is 11.4. The molecule has 0 radical (unpaired) electrons. The van der Waals surface area contributed by atoms with Gasteiger partial charge in [0.1, 0.15) is 34.7 Å². The van der Waals surface area contributed by atoms with Crippen molar-refractivity contribution in [1.82, 2.24) is 34.4 Å². The monoisotopic (exact) mass is 487 g/mol. The van der Waals surface area contributed by atoms with Crippen LogP contribution in [0, 0.1) is 6.92 Å². The highest BCUT2D eigenvalue weighted by Gasteiger charge is 2.31. The Bertz CT molecular complexity index is 1520. The molecule has 0 aliphatic carbocycles. The molecular weight excluding hydrogens is 462 g/mol. The summed E-state index contributed by atoms with van der Waals surface area (Å²) in [6.45, 7) is 2.51. The molecule has 1 aliphatic rings. The van der Waals surface area contributed by atoms with E-state index in [4.69, 9.17) is 0 Å². The number of carbonyl (C=O) groups excluding carboxylic acids is 2. The van der Waals surface area contributed by atoms with Gasteiger partial charge in [0.15, 0.2) is 5.65 Å². The summed E-state index contributed by atoms with van der Waals surface area (Å²) in [5, 5.41) is 13.1. The summed E-state index contributed by atoms with van der Waals surface area (Å²) < 4.78 is 2.93. The molecule has 1 atom stereocenters. The largest absolute Gasteiger partial charge is 0.373 e. The van der Waals surface area contributed by atoms with Crippen molar-refractivity contribution < 1.29 is 9.59 Å². The maximum Gasteiger partial charge on any atom is 0.279 e. The van der Waals surface area contributed by atoms with Crippen LogP contribution in [0.2, 0.25) is 0 Å². The van der Waals surface area contributed by atoms with Gasteiger partial charge >= 0.3 is 0 Å². The molecule has 184 valence electrons. The van der Waals surface area contributed by atoms with E-state index in [0.717, 1.165) is 5.56 Å². The lowest BCUT2D eigenvalue weighted by atomic mass is 10.2. The molecule has 1 aliphatic heterocycles. The number of anilines is 3. The number of hydrogen-bond donors (Lipinski definition) is 3. The second-order valence-corrected chi connectivity index (χ2v) is 8.56. The lowest BCUT2D eigenvalue weighted by Crippen LogP contribution is -2.40. The van der Waals surface area contributed by atoms with Gasteiger partial charge in [-0.25, -0.2) is 9.97 Å². The predicted molar refractivity (Wildman–Crippen MR) is 134 cm³/mol. The van der Waals surface area contributed by atoms with E-state index in [9.17, 15) is 14.4 Å². The third-order valence-electron chi connectivity index (χ3n) is 6.06. The number of carbonyl (C=O) groups is 2. The summed E-state index contributed by atoms with van der Waals surface area (Å²) in [4.78, 5) is 48.8. The molecule has 4 aromatic heterocycles. The third-order valence-corrected chi connectivity index (χ3v) is 6.06. The molecule has 2 amide bonds. The second-order valence-electron chi connectivity index (χ2n) is 8.56. The van der Waals surface area contributed by atoms with Crippen LogP contribution in [0.15, 0.2) is 53.7 Å². The second kappa shape index (κ2) is 9.13. The molecule has 4 aromatic rings. The summed E-state index contributed by atoms with van der Waals surface area (Å²) >= 11 is 0. The zero-order valence-corrected chi connectivity index (χ0v) is 20.0. The number of nitrogens with one attached hydrogen (secondary N) is 3. The zero-order valence-electron chi connectivity index (χ0n) is 20.0. The number of likely N-dealkylation sites (tertiary alicyclic amines) is 1. The van der Waals surface area contributed by atoms with Gasteiger partial charge in [0.25, 0.3) is 11.5 Å². The van der Waals surface area contributed by atoms with Crippen molar-refractivity contribution in [3.8, 4) is 5.82 Å². The van der Waals surface area contributed by atoms with Crippen molar-refractivity contribution in [3.63, 3.8) is 0 Å². The highest BCUT2D eigenvalue weighted by Crippen LogP contribution is 2.21. The predicted octanol–water partition coefficient (Wildman–Crippen LogP) is 1.33. The molecular formula is C24H25N9O3. The van der Waals surface area contributed by atoms with Crippen LogP contribution in [0.25, 0.3) is 11.5 Å². The van der Waals surface area contributed by atoms with Gasteiger partial charge in [0.05, 0.1) is 6.20 Å².